The van der Waals surface area contributed by atoms with Gasteiger partial charge in [-0.1, -0.05) is 12.5 Å². The molecule has 0 atom stereocenters. The van der Waals surface area contributed by atoms with Crippen LogP contribution in [0, 0.1) is 12.7 Å². The minimum atomic E-state index is -0.552. The number of rotatable bonds is 4. The van der Waals surface area contributed by atoms with Crippen molar-refractivity contribution in [3.63, 3.8) is 0 Å². The third kappa shape index (κ3) is 4.88. The number of carbonyl (C=O) groups is 1. The Morgan fingerprint density at radius 1 is 1.09 bits per heavy atom. The largest absolute Gasteiger partial charge is 0.299 e. The number of carbonyl (C=O) groups excluding carboxylic acids is 1. The second-order valence-electron chi connectivity index (χ2n) is 7.86. The van der Waals surface area contributed by atoms with E-state index in [0.717, 1.165) is 60.5 Å². The number of H-pyrrole nitrogens is 1. The lowest BCUT2D eigenvalue weighted by Gasteiger charge is -2.26. The van der Waals surface area contributed by atoms with E-state index in [9.17, 15) is 9.18 Å². The minimum absolute atomic E-state index is 0. The quantitative estimate of drug-likeness (QED) is 0.430. The number of halogens is 3. The Labute approximate surface area is 203 Å². The number of aryl methyl sites for hydroxylation is 1. The fourth-order valence-electron chi connectivity index (χ4n) is 4.07. The number of hydrogen-bond acceptors (Lipinski definition) is 4. The molecule has 3 aromatic heterocycles. The van der Waals surface area contributed by atoms with Gasteiger partial charge in [0.05, 0.1) is 23.1 Å². The smallest absolute Gasteiger partial charge is 0.268 e. The van der Waals surface area contributed by atoms with Crippen LogP contribution in [-0.4, -0.2) is 43.6 Å². The van der Waals surface area contributed by atoms with Gasteiger partial charge in [0.2, 0.25) is 0 Å². The molecule has 1 amide bonds. The van der Waals surface area contributed by atoms with Crippen LogP contribution in [0.4, 0.5) is 4.39 Å². The molecule has 0 bridgehead atoms. The lowest BCUT2D eigenvalue weighted by Crippen LogP contribution is -2.45. The molecule has 0 unspecified atom stereocenters. The average Bonchev–Trinajstić information content (AvgIpc) is 3.39. The summed E-state index contributed by atoms with van der Waals surface area (Å²) >= 11 is 0. The van der Waals surface area contributed by atoms with E-state index < -0.39 is 11.7 Å². The zero-order valence-corrected chi connectivity index (χ0v) is 19.7. The molecule has 0 spiro atoms. The third-order valence-electron chi connectivity index (χ3n) is 5.77. The topological polar surface area (TPSA) is 78.3 Å². The summed E-state index contributed by atoms with van der Waals surface area (Å²) in [5, 5.41) is 8.92. The zero-order chi connectivity index (χ0) is 21.4. The van der Waals surface area contributed by atoms with E-state index in [1.165, 1.54) is 12.1 Å². The molecule has 1 aromatic carbocycles. The molecule has 0 saturated carbocycles. The first-order chi connectivity index (χ1) is 15.1. The predicted octanol–water partition coefficient (Wildman–Crippen LogP) is 4.81. The molecule has 4 heterocycles. The van der Waals surface area contributed by atoms with Crippen molar-refractivity contribution in [3.8, 4) is 22.4 Å². The highest BCUT2D eigenvalue weighted by molar-refractivity contribution is 5.94. The van der Waals surface area contributed by atoms with Gasteiger partial charge < -0.3 is 0 Å². The number of aromatic amines is 1. The summed E-state index contributed by atoms with van der Waals surface area (Å²) in [6.45, 7) is 3.53. The van der Waals surface area contributed by atoms with Gasteiger partial charge in [-0.05, 0) is 44.0 Å². The standard InChI is InChI=1S/C23H23FN6O.2ClH/c1-15-19(12-26-27-15)17-6-8-22-25-13-21(30(22)14-17)16-5-7-18(20(24)11-16)23(31)28-29-9-3-2-4-10-29;;/h5-8,11-14H,2-4,9-10H2,1H3,(H,26,27)(H,28,31);2*1H. The van der Waals surface area contributed by atoms with E-state index in [-0.39, 0.29) is 30.4 Å². The number of piperidine rings is 1. The maximum atomic E-state index is 14.9. The molecule has 0 radical (unpaired) electrons. The van der Waals surface area contributed by atoms with E-state index in [1.807, 2.05) is 40.9 Å². The third-order valence-corrected chi connectivity index (χ3v) is 5.77. The Balaban J connectivity index is 0.00000153. The average molecular weight is 491 g/mol. The fourth-order valence-corrected chi connectivity index (χ4v) is 4.07. The highest BCUT2D eigenvalue weighted by atomic mass is 35.5. The number of pyridine rings is 1. The monoisotopic (exact) mass is 490 g/mol. The van der Waals surface area contributed by atoms with E-state index in [4.69, 9.17) is 0 Å². The summed E-state index contributed by atoms with van der Waals surface area (Å²) in [6.07, 6.45) is 8.76. The van der Waals surface area contributed by atoms with Crippen molar-refractivity contribution in [2.75, 3.05) is 13.1 Å². The second-order valence-corrected chi connectivity index (χ2v) is 7.86. The summed E-state index contributed by atoms with van der Waals surface area (Å²) < 4.78 is 16.8. The van der Waals surface area contributed by atoms with Gasteiger partial charge in [0, 0.05) is 42.2 Å². The number of benzene rings is 1. The summed E-state index contributed by atoms with van der Waals surface area (Å²) in [5.41, 5.74) is 7.90. The van der Waals surface area contributed by atoms with Gasteiger partial charge in [0.15, 0.2) is 0 Å². The van der Waals surface area contributed by atoms with Crippen molar-refractivity contribution in [1.82, 2.24) is 30.0 Å². The number of nitrogens with zero attached hydrogens (tertiary/aromatic N) is 4. The van der Waals surface area contributed by atoms with Gasteiger partial charge in [-0.2, -0.15) is 5.10 Å². The molecule has 2 N–H and O–H groups in total. The normalized spacial score (nSPS) is 13.9. The second kappa shape index (κ2) is 10.3. The van der Waals surface area contributed by atoms with Gasteiger partial charge in [0.25, 0.3) is 5.91 Å². The first kappa shape index (κ1) is 24.7. The van der Waals surface area contributed by atoms with Gasteiger partial charge >= 0.3 is 0 Å². The molecule has 174 valence electrons. The van der Waals surface area contributed by atoms with E-state index in [1.54, 1.807) is 12.3 Å². The molecule has 1 saturated heterocycles. The Bertz CT molecular complexity index is 1270. The highest BCUT2D eigenvalue weighted by Crippen LogP contribution is 2.27. The van der Waals surface area contributed by atoms with Crippen molar-refractivity contribution in [1.29, 1.82) is 0 Å². The van der Waals surface area contributed by atoms with Crippen LogP contribution in [0.2, 0.25) is 0 Å². The van der Waals surface area contributed by atoms with Crippen LogP contribution >= 0.6 is 24.8 Å². The van der Waals surface area contributed by atoms with Crippen molar-refractivity contribution in [3.05, 3.63) is 66.0 Å². The molecule has 1 fully saturated rings. The molecule has 4 aromatic rings. The van der Waals surface area contributed by atoms with Crippen LogP contribution in [0.25, 0.3) is 28.0 Å². The van der Waals surface area contributed by atoms with Crippen molar-refractivity contribution in [2.45, 2.75) is 26.2 Å². The minimum Gasteiger partial charge on any atom is -0.299 e. The number of hydrazine groups is 1. The summed E-state index contributed by atoms with van der Waals surface area (Å²) in [5.74, 6) is -0.967. The Morgan fingerprint density at radius 3 is 2.55 bits per heavy atom. The number of hydrogen-bond donors (Lipinski definition) is 2. The van der Waals surface area contributed by atoms with Gasteiger partial charge in [0.1, 0.15) is 11.5 Å². The molecule has 7 nitrogen and oxygen atoms in total. The first-order valence-electron chi connectivity index (χ1n) is 10.4. The lowest BCUT2D eigenvalue weighted by atomic mass is 10.1. The highest BCUT2D eigenvalue weighted by Gasteiger charge is 2.18. The summed E-state index contributed by atoms with van der Waals surface area (Å²) in [7, 11) is 0. The molecule has 1 aliphatic heterocycles. The molecule has 0 aliphatic carbocycles. The number of fused-ring (bicyclic) bond motifs is 1. The number of nitrogens with one attached hydrogen (secondary N) is 2. The van der Waals surface area contributed by atoms with E-state index in [2.05, 4.69) is 20.6 Å². The lowest BCUT2D eigenvalue weighted by molar-refractivity contribution is 0.0746. The van der Waals surface area contributed by atoms with Crippen molar-refractivity contribution in [2.24, 2.45) is 0 Å². The summed E-state index contributed by atoms with van der Waals surface area (Å²) in [4.78, 5) is 17.0. The van der Waals surface area contributed by atoms with Crippen molar-refractivity contribution < 1.29 is 9.18 Å². The number of amides is 1. The molecule has 5 rings (SSSR count). The van der Waals surface area contributed by atoms with Crippen molar-refractivity contribution >= 4 is 36.4 Å². The SMILES string of the molecule is Cc1n[nH]cc1-c1ccc2ncc(-c3ccc(C(=O)NN4CCCCC4)c(F)c3)n2c1.Cl.Cl. The maximum Gasteiger partial charge on any atom is 0.268 e. The van der Waals surface area contributed by atoms with Gasteiger partial charge in [-0.15, -0.1) is 24.8 Å². The Hall–Kier alpha value is -2.94. The van der Waals surface area contributed by atoms with Crippen LogP contribution in [0.15, 0.2) is 48.9 Å². The summed E-state index contributed by atoms with van der Waals surface area (Å²) in [6, 6.07) is 8.59. The first-order valence-corrected chi connectivity index (χ1v) is 10.4. The van der Waals surface area contributed by atoms with Crippen LogP contribution in [-0.2, 0) is 0 Å². The fraction of sp³-hybridized carbons (Fsp3) is 0.261. The Morgan fingerprint density at radius 2 is 1.85 bits per heavy atom. The number of aromatic nitrogens is 4. The van der Waals surface area contributed by atoms with E-state index in [0.29, 0.717) is 5.56 Å². The van der Waals surface area contributed by atoms with Gasteiger partial charge in [-0.3, -0.25) is 19.7 Å². The molecule has 1 aliphatic rings. The van der Waals surface area contributed by atoms with Crippen LogP contribution in [0.5, 0.6) is 0 Å². The zero-order valence-electron chi connectivity index (χ0n) is 18.0. The Kier molecular flexibility index (Phi) is 7.73. The van der Waals surface area contributed by atoms with E-state index >= 15 is 0 Å². The van der Waals surface area contributed by atoms with Crippen LogP contribution < -0.4 is 5.43 Å². The predicted molar refractivity (Wildman–Crippen MR) is 130 cm³/mol. The molecular weight excluding hydrogens is 466 g/mol. The van der Waals surface area contributed by atoms with Gasteiger partial charge in [-0.25, -0.2) is 14.4 Å². The number of imidazole rings is 1. The molecule has 10 heteroatoms. The van der Waals surface area contributed by atoms with Crippen LogP contribution in [0.3, 0.4) is 0 Å². The molecule has 33 heavy (non-hydrogen) atoms. The maximum absolute atomic E-state index is 14.9. The van der Waals surface area contributed by atoms with Crippen LogP contribution in [0.1, 0.15) is 35.3 Å². The molecular formula is C23H25Cl2FN6O.